The molecule has 0 fully saturated rings. The molecule has 0 heterocycles. The number of hydrogen-bond acceptors (Lipinski definition) is 2. The lowest BCUT2D eigenvalue weighted by atomic mass is 10.1. The number of carbonyl (C=O) groups is 1. The second-order valence-electron chi connectivity index (χ2n) is 2.34. The first-order valence-corrected chi connectivity index (χ1v) is 3.15. The van der Waals surface area contributed by atoms with Crippen LogP contribution in [0.2, 0.25) is 0 Å². The molecule has 0 saturated carbocycles. The van der Waals surface area contributed by atoms with E-state index in [4.69, 9.17) is 0 Å². The normalized spacial score (nSPS) is 24.7. The Morgan fingerprint density at radius 2 is 2.56 bits per heavy atom. The maximum Gasteiger partial charge on any atom is 0.0420 e. The van der Waals surface area contributed by atoms with Crippen molar-refractivity contribution in [3.8, 4) is 0 Å². The summed E-state index contributed by atoms with van der Waals surface area (Å²) in [5, 5.41) is 10.0. The third-order valence-electron chi connectivity index (χ3n) is 1.54. The number of aliphatic carboxylic acids is 1. The topological polar surface area (TPSA) is 40.1 Å². The molecule has 0 aromatic carbocycles. The van der Waals surface area contributed by atoms with Gasteiger partial charge in [-0.05, 0) is 25.2 Å². The van der Waals surface area contributed by atoms with Gasteiger partial charge in [0.25, 0.3) is 0 Å². The van der Waals surface area contributed by atoms with Gasteiger partial charge in [-0.25, -0.2) is 0 Å². The lowest BCUT2D eigenvalue weighted by Crippen LogP contribution is -2.24. The third kappa shape index (κ3) is 1.88. The summed E-state index contributed by atoms with van der Waals surface area (Å²) in [4.78, 5) is 10.0. The van der Waals surface area contributed by atoms with Gasteiger partial charge in [-0.15, -0.1) is 0 Å². The predicted molar refractivity (Wildman–Crippen MR) is 31.5 cm³/mol. The van der Waals surface area contributed by atoms with E-state index in [-0.39, 0.29) is 12.3 Å². The fourth-order valence-corrected chi connectivity index (χ4v) is 1.08. The van der Waals surface area contributed by atoms with E-state index in [9.17, 15) is 9.90 Å². The molecule has 0 amide bonds. The molecule has 0 spiro atoms. The van der Waals surface area contributed by atoms with Crippen molar-refractivity contribution in [2.24, 2.45) is 5.92 Å². The summed E-state index contributed by atoms with van der Waals surface area (Å²) in [5.74, 6) is -0.693. The van der Waals surface area contributed by atoms with E-state index in [0.717, 1.165) is 12.8 Å². The molecule has 0 N–H and O–H groups in total. The summed E-state index contributed by atoms with van der Waals surface area (Å²) in [6.45, 7) is 0. The summed E-state index contributed by atoms with van der Waals surface area (Å²) in [6.07, 6.45) is 6.17. The molecule has 1 aliphatic rings. The number of carboxylic acid groups (broad SMARTS) is 1. The van der Waals surface area contributed by atoms with Crippen LogP contribution < -0.4 is 5.11 Å². The van der Waals surface area contributed by atoms with E-state index in [1.165, 1.54) is 0 Å². The van der Waals surface area contributed by atoms with Crippen molar-refractivity contribution in [1.82, 2.24) is 0 Å². The fourth-order valence-electron chi connectivity index (χ4n) is 1.08. The lowest BCUT2D eigenvalue weighted by Gasteiger charge is -2.06. The van der Waals surface area contributed by atoms with Gasteiger partial charge >= 0.3 is 0 Å². The van der Waals surface area contributed by atoms with Crippen LogP contribution in [0, 0.1) is 5.92 Å². The van der Waals surface area contributed by atoms with Crippen LogP contribution in [0.25, 0.3) is 0 Å². The summed E-state index contributed by atoms with van der Waals surface area (Å²) < 4.78 is 0. The molecule has 2 heteroatoms. The van der Waals surface area contributed by atoms with Crippen LogP contribution in [0.4, 0.5) is 0 Å². The Morgan fingerprint density at radius 1 is 1.78 bits per heavy atom. The minimum atomic E-state index is -0.938. The van der Waals surface area contributed by atoms with E-state index in [0.29, 0.717) is 0 Å². The quantitative estimate of drug-likeness (QED) is 0.491. The standard InChI is InChI=1S/C7H10O2/c8-7(9)5-6-3-1-2-4-6/h1,3,6H,2,4-5H2,(H,8,9)/p-1. The molecular weight excluding hydrogens is 116 g/mol. The van der Waals surface area contributed by atoms with Crippen LogP contribution >= 0.6 is 0 Å². The highest BCUT2D eigenvalue weighted by Crippen LogP contribution is 2.19. The van der Waals surface area contributed by atoms with Crippen molar-refractivity contribution in [3.05, 3.63) is 12.2 Å². The Kier molecular flexibility index (Phi) is 1.88. The molecule has 1 atom stereocenters. The maximum atomic E-state index is 10.0. The van der Waals surface area contributed by atoms with Gasteiger partial charge in [-0.3, -0.25) is 0 Å². The Morgan fingerprint density at radius 3 is 3.00 bits per heavy atom. The highest BCUT2D eigenvalue weighted by molar-refractivity contribution is 5.64. The van der Waals surface area contributed by atoms with Crippen LogP contribution in [-0.4, -0.2) is 5.97 Å². The van der Waals surface area contributed by atoms with Gasteiger partial charge in [-0.1, -0.05) is 12.2 Å². The summed E-state index contributed by atoms with van der Waals surface area (Å²) in [5.41, 5.74) is 0. The van der Waals surface area contributed by atoms with E-state index in [1.807, 2.05) is 12.2 Å². The van der Waals surface area contributed by atoms with Crippen LogP contribution in [0.15, 0.2) is 12.2 Å². The van der Waals surface area contributed by atoms with E-state index >= 15 is 0 Å². The molecule has 50 valence electrons. The summed E-state index contributed by atoms with van der Waals surface area (Å²) in [6, 6.07) is 0. The molecule has 1 rings (SSSR count). The molecule has 0 bridgehead atoms. The molecule has 1 unspecified atom stereocenters. The summed E-state index contributed by atoms with van der Waals surface area (Å²) >= 11 is 0. The first-order chi connectivity index (χ1) is 4.29. The first-order valence-electron chi connectivity index (χ1n) is 3.15. The zero-order valence-corrected chi connectivity index (χ0v) is 5.17. The summed E-state index contributed by atoms with van der Waals surface area (Å²) in [7, 11) is 0. The minimum absolute atomic E-state index is 0.191. The minimum Gasteiger partial charge on any atom is -0.550 e. The predicted octanol–water partition coefficient (Wildman–Crippen LogP) is 0.0926. The molecule has 0 aliphatic heterocycles. The first kappa shape index (κ1) is 6.33. The van der Waals surface area contributed by atoms with Crippen LogP contribution in [0.1, 0.15) is 19.3 Å². The van der Waals surface area contributed by atoms with E-state index in [1.54, 1.807) is 0 Å². The number of carbonyl (C=O) groups excluding carboxylic acids is 1. The second kappa shape index (κ2) is 2.67. The van der Waals surface area contributed by atoms with Gasteiger partial charge in [-0.2, -0.15) is 0 Å². The van der Waals surface area contributed by atoms with E-state index in [2.05, 4.69) is 0 Å². The van der Waals surface area contributed by atoms with Crippen molar-refractivity contribution in [1.29, 1.82) is 0 Å². The van der Waals surface area contributed by atoms with Crippen LogP contribution in [0.5, 0.6) is 0 Å². The Labute approximate surface area is 54.2 Å². The van der Waals surface area contributed by atoms with Gasteiger partial charge in [0.1, 0.15) is 0 Å². The molecular formula is C7H9O2-. The number of hydrogen-bond donors (Lipinski definition) is 0. The average Bonchev–Trinajstić information content (AvgIpc) is 2.15. The van der Waals surface area contributed by atoms with Crippen molar-refractivity contribution >= 4 is 5.97 Å². The maximum absolute atomic E-state index is 10.0. The highest BCUT2D eigenvalue weighted by atomic mass is 16.4. The van der Waals surface area contributed by atoms with Gasteiger partial charge in [0, 0.05) is 5.97 Å². The molecule has 0 aromatic heterocycles. The van der Waals surface area contributed by atoms with E-state index < -0.39 is 5.97 Å². The molecule has 2 nitrogen and oxygen atoms in total. The second-order valence-corrected chi connectivity index (χ2v) is 2.34. The van der Waals surface area contributed by atoms with Gasteiger partial charge in [0.15, 0.2) is 0 Å². The SMILES string of the molecule is O=C([O-])CC1C=CCC1. The lowest BCUT2D eigenvalue weighted by molar-refractivity contribution is -0.306. The largest absolute Gasteiger partial charge is 0.550 e. The highest BCUT2D eigenvalue weighted by Gasteiger charge is 2.07. The average molecular weight is 125 g/mol. The van der Waals surface area contributed by atoms with Gasteiger partial charge < -0.3 is 9.90 Å². The Balaban J connectivity index is 2.28. The Bertz CT molecular complexity index is 138. The van der Waals surface area contributed by atoms with Crippen LogP contribution in [0.3, 0.4) is 0 Å². The van der Waals surface area contributed by atoms with Crippen molar-refractivity contribution in [2.45, 2.75) is 19.3 Å². The zero-order valence-electron chi connectivity index (χ0n) is 5.17. The number of rotatable bonds is 2. The number of allylic oxidation sites excluding steroid dienone is 2. The zero-order chi connectivity index (χ0) is 6.69. The van der Waals surface area contributed by atoms with Gasteiger partial charge in [0.2, 0.25) is 0 Å². The molecule has 0 saturated heterocycles. The third-order valence-corrected chi connectivity index (χ3v) is 1.54. The monoisotopic (exact) mass is 125 g/mol. The van der Waals surface area contributed by atoms with Crippen molar-refractivity contribution in [3.63, 3.8) is 0 Å². The molecule has 9 heavy (non-hydrogen) atoms. The molecule has 1 aliphatic carbocycles. The molecule has 0 radical (unpaired) electrons. The Hall–Kier alpha value is -0.790. The molecule has 0 aromatic rings. The number of carboxylic acids is 1. The smallest absolute Gasteiger partial charge is 0.0420 e. The van der Waals surface area contributed by atoms with Gasteiger partial charge in [0.05, 0.1) is 0 Å². The van der Waals surface area contributed by atoms with Crippen molar-refractivity contribution < 1.29 is 9.90 Å². The van der Waals surface area contributed by atoms with Crippen LogP contribution in [-0.2, 0) is 4.79 Å². The fraction of sp³-hybridized carbons (Fsp3) is 0.571. The van der Waals surface area contributed by atoms with Crippen molar-refractivity contribution in [2.75, 3.05) is 0 Å².